The largest absolute Gasteiger partial charge is 0.493 e. The first-order valence-corrected chi connectivity index (χ1v) is 9.68. The summed E-state index contributed by atoms with van der Waals surface area (Å²) in [7, 11) is 0. The second kappa shape index (κ2) is 8.60. The predicted molar refractivity (Wildman–Crippen MR) is 113 cm³/mol. The molecule has 3 aromatic carbocycles. The highest BCUT2D eigenvalue weighted by Crippen LogP contribution is 2.38. The maximum absolute atomic E-state index is 13.4. The lowest BCUT2D eigenvalue weighted by Gasteiger charge is -2.15. The van der Waals surface area contributed by atoms with E-state index in [1.807, 2.05) is 30.3 Å². The smallest absolute Gasteiger partial charge is 0.418 e. The van der Waals surface area contributed by atoms with E-state index in [1.54, 1.807) is 30.3 Å². The number of benzene rings is 3. The van der Waals surface area contributed by atoms with Crippen molar-refractivity contribution in [3.63, 3.8) is 0 Å². The van der Waals surface area contributed by atoms with Gasteiger partial charge in [-0.25, -0.2) is 0 Å². The van der Waals surface area contributed by atoms with Crippen molar-refractivity contribution in [1.29, 1.82) is 0 Å². The first-order valence-electron chi connectivity index (χ1n) is 9.68. The van der Waals surface area contributed by atoms with Gasteiger partial charge in [-0.3, -0.25) is 9.78 Å². The summed E-state index contributed by atoms with van der Waals surface area (Å²) in [6.07, 6.45) is -2.04. The van der Waals surface area contributed by atoms with Crippen LogP contribution in [0.5, 0.6) is 5.75 Å². The summed E-state index contributed by atoms with van der Waals surface area (Å²) < 4.78 is 46.2. The van der Waals surface area contributed by atoms with Crippen LogP contribution < -0.4 is 4.74 Å². The van der Waals surface area contributed by atoms with Gasteiger partial charge in [-0.2, -0.15) is 13.2 Å². The van der Waals surface area contributed by atoms with Gasteiger partial charge in [-0.05, 0) is 29.3 Å². The van der Waals surface area contributed by atoms with Crippen molar-refractivity contribution < 1.29 is 22.7 Å². The van der Waals surface area contributed by atoms with Gasteiger partial charge in [0.2, 0.25) is 0 Å². The van der Waals surface area contributed by atoms with Crippen LogP contribution in [0.15, 0.2) is 79.0 Å². The van der Waals surface area contributed by atoms with Gasteiger partial charge < -0.3 is 4.74 Å². The molecule has 0 spiro atoms. The Morgan fingerprint density at radius 2 is 1.71 bits per heavy atom. The summed E-state index contributed by atoms with van der Waals surface area (Å²) in [6.45, 7) is 0.448. The minimum Gasteiger partial charge on any atom is -0.493 e. The van der Waals surface area contributed by atoms with Crippen LogP contribution in [0.25, 0.3) is 22.0 Å². The number of aromatic nitrogens is 1. The molecule has 0 amide bonds. The molecule has 0 aliphatic carbocycles. The van der Waals surface area contributed by atoms with Crippen molar-refractivity contribution in [3.8, 4) is 16.9 Å². The van der Waals surface area contributed by atoms with E-state index in [9.17, 15) is 18.0 Å². The molecule has 0 aliphatic heterocycles. The average Bonchev–Trinajstić information content (AvgIpc) is 2.78. The van der Waals surface area contributed by atoms with Crippen LogP contribution in [-0.2, 0) is 12.6 Å². The Bertz CT molecular complexity index is 1220. The maximum atomic E-state index is 13.4. The summed E-state index contributed by atoms with van der Waals surface area (Å²) in [4.78, 5) is 15.6. The minimum absolute atomic E-state index is 0.189. The van der Waals surface area contributed by atoms with E-state index in [0.29, 0.717) is 29.8 Å². The van der Waals surface area contributed by atoms with E-state index < -0.39 is 11.7 Å². The number of halogens is 3. The molecule has 0 atom stereocenters. The lowest BCUT2D eigenvalue weighted by Crippen LogP contribution is -2.07. The Labute approximate surface area is 177 Å². The average molecular weight is 421 g/mol. The van der Waals surface area contributed by atoms with Gasteiger partial charge in [0.25, 0.3) is 0 Å². The Kier molecular flexibility index (Phi) is 5.71. The molecule has 3 nitrogen and oxygen atoms in total. The molecular formula is C25H18F3NO2. The van der Waals surface area contributed by atoms with Crippen LogP contribution in [0.4, 0.5) is 13.2 Å². The van der Waals surface area contributed by atoms with Gasteiger partial charge in [0, 0.05) is 29.1 Å². The Morgan fingerprint density at radius 1 is 0.935 bits per heavy atom. The summed E-state index contributed by atoms with van der Waals surface area (Å²) in [5, 5.41) is 0.265. The molecule has 0 aliphatic rings. The van der Waals surface area contributed by atoms with Crippen LogP contribution in [0.2, 0.25) is 0 Å². The fraction of sp³-hybridized carbons (Fsp3) is 0.120. The molecule has 0 N–H and O–H groups in total. The Hall–Kier alpha value is -3.67. The number of carbonyl (C=O) groups is 1. The number of pyridine rings is 1. The molecule has 1 heterocycles. The molecule has 31 heavy (non-hydrogen) atoms. The van der Waals surface area contributed by atoms with Crippen molar-refractivity contribution in [3.05, 3.63) is 95.7 Å². The third kappa shape index (κ3) is 4.43. The van der Waals surface area contributed by atoms with Gasteiger partial charge in [0.1, 0.15) is 5.75 Å². The number of alkyl halides is 3. The highest BCUT2D eigenvalue weighted by Gasteiger charge is 2.33. The van der Waals surface area contributed by atoms with Crippen LogP contribution in [-0.4, -0.2) is 17.9 Å². The Balaban J connectivity index is 1.71. The standard InChI is InChI=1S/C25H18F3NO2/c26-25(27,28)22-11-5-10-21-23(19(16-30)15-29-24(21)22)18-8-4-9-20(14-18)31-13-12-17-6-2-1-3-7-17/h1-11,14-16H,12-13H2. The normalized spacial score (nSPS) is 11.5. The predicted octanol–water partition coefficient (Wildman–Crippen LogP) is 6.35. The number of hydrogen-bond acceptors (Lipinski definition) is 3. The molecule has 4 rings (SSSR count). The SMILES string of the molecule is O=Cc1cnc2c(C(F)(F)F)cccc2c1-c1cccc(OCCc2ccccc2)c1. The molecule has 0 radical (unpaired) electrons. The van der Waals surface area contributed by atoms with Crippen LogP contribution in [0, 0.1) is 0 Å². The summed E-state index contributed by atoms with van der Waals surface area (Å²) in [5.74, 6) is 0.571. The van der Waals surface area contributed by atoms with Crippen LogP contribution >= 0.6 is 0 Å². The van der Waals surface area contributed by atoms with E-state index in [-0.39, 0.29) is 16.5 Å². The number of aldehydes is 1. The fourth-order valence-electron chi connectivity index (χ4n) is 3.55. The zero-order valence-corrected chi connectivity index (χ0v) is 16.4. The van der Waals surface area contributed by atoms with Crippen molar-refractivity contribution in [2.75, 3.05) is 6.61 Å². The Morgan fingerprint density at radius 3 is 2.45 bits per heavy atom. The van der Waals surface area contributed by atoms with Gasteiger partial charge in [-0.1, -0.05) is 54.6 Å². The highest BCUT2D eigenvalue weighted by atomic mass is 19.4. The van der Waals surface area contributed by atoms with Crippen molar-refractivity contribution in [2.24, 2.45) is 0 Å². The second-order valence-corrected chi connectivity index (χ2v) is 7.02. The molecule has 6 heteroatoms. The molecule has 0 unspecified atom stereocenters. The monoisotopic (exact) mass is 421 g/mol. The fourth-order valence-corrected chi connectivity index (χ4v) is 3.55. The number of fused-ring (bicyclic) bond motifs is 1. The maximum Gasteiger partial charge on any atom is 0.418 e. The van der Waals surface area contributed by atoms with Crippen molar-refractivity contribution in [1.82, 2.24) is 4.98 Å². The van der Waals surface area contributed by atoms with E-state index in [4.69, 9.17) is 4.74 Å². The van der Waals surface area contributed by atoms with E-state index in [1.165, 1.54) is 12.3 Å². The first-order chi connectivity index (χ1) is 15.0. The molecule has 0 bridgehead atoms. The topological polar surface area (TPSA) is 39.2 Å². The van der Waals surface area contributed by atoms with Crippen molar-refractivity contribution in [2.45, 2.75) is 12.6 Å². The molecule has 156 valence electrons. The first kappa shape index (κ1) is 20.6. The highest BCUT2D eigenvalue weighted by molar-refractivity contribution is 6.03. The number of rotatable bonds is 6. The summed E-state index contributed by atoms with van der Waals surface area (Å²) >= 11 is 0. The molecule has 0 saturated heterocycles. The number of nitrogens with zero attached hydrogens (tertiary/aromatic N) is 1. The number of carbonyl (C=O) groups excluding carboxylic acids is 1. The van der Waals surface area contributed by atoms with Gasteiger partial charge in [0.05, 0.1) is 17.7 Å². The summed E-state index contributed by atoms with van der Waals surface area (Å²) in [6, 6.07) is 20.7. The molecule has 0 saturated carbocycles. The van der Waals surface area contributed by atoms with Gasteiger partial charge in [-0.15, -0.1) is 0 Å². The van der Waals surface area contributed by atoms with Gasteiger partial charge in [0.15, 0.2) is 6.29 Å². The van der Waals surface area contributed by atoms with E-state index in [2.05, 4.69) is 4.98 Å². The molecule has 0 fully saturated rings. The number of hydrogen-bond donors (Lipinski definition) is 0. The third-order valence-electron chi connectivity index (χ3n) is 4.98. The van der Waals surface area contributed by atoms with Gasteiger partial charge >= 0.3 is 6.18 Å². The van der Waals surface area contributed by atoms with Crippen LogP contribution in [0.1, 0.15) is 21.5 Å². The lowest BCUT2D eigenvalue weighted by atomic mass is 9.95. The molecule has 1 aromatic heterocycles. The van der Waals surface area contributed by atoms with Crippen LogP contribution in [0.3, 0.4) is 0 Å². The number of ether oxygens (including phenoxy) is 1. The lowest BCUT2D eigenvalue weighted by molar-refractivity contribution is -0.136. The van der Waals surface area contributed by atoms with E-state index in [0.717, 1.165) is 18.1 Å². The molecule has 4 aromatic rings. The molecular weight excluding hydrogens is 403 g/mol. The quantitative estimate of drug-likeness (QED) is 0.340. The van der Waals surface area contributed by atoms with Crippen molar-refractivity contribution >= 4 is 17.2 Å². The second-order valence-electron chi connectivity index (χ2n) is 7.02. The number of para-hydroxylation sites is 1. The summed E-state index contributed by atoms with van der Waals surface area (Å²) in [5.41, 5.74) is 1.32. The van der Waals surface area contributed by atoms with E-state index >= 15 is 0 Å². The third-order valence-corrected chi connectivity index (χ3v) is 4.98. The zero-order valence-electron chi connectivity index (χ0n) is 16.4. The minimum atomic E-state index is -4.55. The zero-order chi connectivity index (χ0) is 21.8.